The third-order valence-electron chi connectivity index (χ3n) is 4.98. The van der Waals surface area contributed by atoms with Gasteiger partial charge in [0.05, 0.1) is 0 Å². The minimum absolute atomic E-state index is 0. The maximum absolute atomic E-state index is 13.1. The number of aryl methyl sites for hydroxylation is 1. The Bertz CT molecular complexity index is 834. The zero-order chi connectivity index (χ0) is 18.1. The number of nitrogens with two attached hydrogens (primary N) is 1. The number of amides is 1. The molecule has 3 rings (SSSR count). The molecule has 26 heavy (non-hydrogen) atoms. The van der Waals surface area contributed by atoms with Gasteiger partial charge in [-0.05, 0) is 38.0 Å². The molecule has 0 aliphatic carbocycles. The number of hydrogen-bond acceptors (Lipinski definition) is 4. The molecule has 2 heterocycles. The summed E-state index contributed by atoms with van der Waals surface area (Å²) < 4.78 is 14.6. The Morgan fingerprint density at radius 2 is 1.96 bits per heavy atom. The molecule has 0 spiro atoms. The molecule has 1 aliphatic heterocycles. The van der Waals surface area contributed by atoms with Crippen molar-refractivity contribution in [3.63, 3.8) is 0 Å². The first-order valence-corrected chi connectivity index (χ1v) is 9.14. The average molecular weight is 400 g/mol. The topological polar surface area (TPSA) is 68.3 Å². The molecule has 1 aliphatic rings. The molecule has 2 N–H and O–H groups in total. The van der Waals surface area contributed by atoms with E-state index in [0.717, 1.165) is 22.6 Å². The number of hydrogen-bond donors (Lipinski definition) is 1. The highest BCUT2D eigenvalue weighted by Gasteiger charge is 2.30. The van der Waals surface area contributed by atoms with Crippen molar-refractivity contribution in [1.82, 2.24) is 9.47 Å². The van der Waals surface area contributed by atoms with E-state index in [9.17, 15) is 14.0 Å². The second-order valence-corrected chi connectivity index (χ2v) is 7.71. The minimum atomic E-state index is -0.267. The zero-order valence-electron chi connectivity index (χ0n) is 14.8. The van der Waals surface area contributed by atoms with E-state index in [1.807, 2.05) is 13.8 Å². The summed E-state index contributed by atoms with van der Waals surface area (Å²) >= 11 is 1.17. The fraction of sp³-hybridized carbons (Fsp3) is 0.444. The molecule has 0 radical (unpaired) electrons. The van der Waals surface area contributed by atoms with Crippen LogP contribution in [0.3, 0.4) is 0 Å². The lowest BCUT2D eigenvalue weighted by Crippen LogP contribution is -2.50. The first kappa shape index (κ1) is 20.6. The van der Waals surface area contributed by atoms with Gasteiger partial charge in [0.2, 0.25) is 5.91 Å². The summed E-state index contributed by atoms with van der Waals surface area (Å²) in [4.78, 5) is 27.1. The van der Waals surface area contributed by atoms with Crippen LogP contribution < -0.4 is 10.6 Å². The Labute approximate surface area is 162 Å². The lowest BCUT2D eigenvalue weighted by atomic mass is 9.86. The summed E-state index contributed by atoms with van der Waals surface area (Å²) in [5.41, 5.74) is 8.12. The van der Waals surface area contributed by atoms with Crippen LogP contribution in [0.4, 0.5) is 4.39 Å². The van der Waals surface area contributed by atoms with Crippen LogP contribution in [-0.4, -0.2) is 34.5 Å². The highest BCUT2D eigenvalue weighted by atomic mass is 35.5. The lowest BCUT2D eigenvalue weighted by molar-refractivity contribution is -0.133. The number of nitrogens with zero attached hydrogens (tertiary/aromatic N) is 2. The van der Waals surface area contributed by atoms with Gasteiger partial charge in [0.25, 0.3) is 0 Å². The monoisotopic (exact) mass is 399 g/mol. The van der Waals surface area contributed by atoms with Crippen molar-refractivity contribution in [2.45, 2.75) is 38.8 Å². The number of aromatic nitrogens is 1. The molecule has 1 amide bonds. The molecule has 1 saturated heterocycles. The highest BCUT2D eigenvalue weighted by molar-refractivity contribution is 7.09. The van der Waals surface area contributed by atoms with Gasteiger partial charge in [-0.25, -0.2) is 4.39 Å². The summed E-state index contributed by atoms with van der Waals surface area (Å²) in [5, 5.41) is 0. The van der Waals surface area contributed by atoms with E-state index in [0.29, 0.717) is 13.1 Å². The van der Waals surface area contributed by atoms with Crippen LogP contribution >= 0.6 is 23.7 Å². The number of benzene rings is 1. The molecule has 5 nitrogen and oxygen atoms in total. The van der Waals surface area contributed by atoms with Crippen LogP contribution in [0, 0.1) is 19.7 Å². The van der Waals surface area contributed by atoms with Crippen molar-refractivity contribution in [3.8, 4) is 0 Å². The predicted octanol–water partition coefficient (Wildman–Crippen LogP) is 2.43. The van der Waals surface area contributed by atoms with E-state index >= 15 is 0 Å². The van der Waals surface area contributed by atoms with E-state index in [4.69, 9.17) is 5.73 Å². The van der Waals surface area contributed by atoms with Gasteiger partial charge in [-0.15, -0.1) is 12.4 Å². The number of carbonyl (C=O) groups is 1. The number of piperidine rings is 1. The van der Waals surface area contributed by atoms with E-state index in [-0.39, 0.29) is 47.5 Å². The van der Waals surface area contributed by atoms with Gasteiger partial charge in [0.15, 0.2) is 0 Å². The Morgan fingerprint density at radius 1 is 1.31 bits per heavy atom. The van der Waals surface area contributed by atoms with Gasteiger partial charge in [-0.2, -0.15) is 0 Å². The van der Waals surface area contributed by atoms with E-state index in [1.165, 1.54) is 28.0 Å². The molecule has 1 aromatic heterocycles. The standard InChI is InChI=1S/C18H22FN3O2S.ClH/c1-11-12(2)25-18(24)22(11)10-17(23)21-8-7-15(16(20)9-21)13-3-5-14(19)6-4-13;/h3-6,15-16H,7-10,20H2,1-2H3;1H/t15-,16+;/m0./s1. The lowest BCUT2D eigenvalue weighted by Gasteiger charge is -2.37. The van der Waals surface area contributed by atoms with Crippen molar-refractivity contribution in [1.29, 1.82) is 0 Å². The molecule has 2 aromatic rings. The van der Waals surface area contributed by atoms with Crippen LogP contribution in [0.15, 0.2) is 29.1 Å². The van der Waals surface area contributed by atoms with Gasteiger partial charge in [0.1, 0.15) is 12.4 Å². The average Bonchev–Trinajstić information content (AvgIpc) is 2.82. The zero-order valence-corrected chi connectivity index (χ0v) is 16.4. The molecule has 1 aromatic carbocycles. The van der Waals surface area contributed by atoms with E-state index in [2.05, 4.69) is 0 Å². The maximum atomic E-state index is 13.1. The molecular formula is C18H23ClFN3O2S. The first-order chi connectivity index (χ1) is 11.9. The Kier molecular flexibility index (Phi) is 6.60. The normalized spacial score (nSPS) is 19.9. The Morgan fingerprint density at radius 3 is 2.50 bits per heavy atom. The first-order valence-electron chi connectivity index (χ1n) is 8.32. The van der Waals surface area contributed by atoms with E-state index in [1.54, 1.807) is 17.0 Å². The van der Waals surface area contributed by atoms with E-state index < -0.39 is 0 Å². The third kappa shape index (κ3) is 4.16. The van der Waals surface area contributed by atoms with Crippen LogP contribution in [0.2, 0.25) is 0 Å². The van der Waals surface area contributed by atoms with Gasteiger partial charge >= 0.3 is 4.87 Å². The molecule has 0 bridgehead atoms. The van der Waals surface area contributed by atoms with Crippen molar-refractivity contribution in [2.24, 2.45) is 5.73 Å². The fourth-order valence-corrected chi connectivity index (χ4v) is 4.17. The van der Waals surface area contributed by atoms with Crippen molar-refractivity contribution in [3.05, 3.63) is 55.9 Å². The fourth-order valence-electron chi connectivity index (χ4n) is 3.34. The summed E-state index contributed by atoms with van der Waals surface area (Å²) in [6.45, 7) is 4.83. The van der Waals surface area contributed by atoms with Crippen molar-refractivity contribution in [2.75, 3.05) is 13.1 Å². The SMILES string of the molecule is Cc1sc(=O)n(CC(=O)N2CC[C@@H](c3ccc(F)cc3)[C@H](N)C2)c1C.Cl. The molecule has 1 fully saturated rings. The largest absolute Gasteiger partial charge is 0.340 e. The number of thiazole rings is 1. The number of halogens is 2. The summed E-state index contributed by atoms with van der Waals surface area (Å²) in [7, 11) is 0. The van der Waals surface area contributed by atoms with Crippen molar-refractivity contribution < 1.29 is 9.18 Å². The van der Waals surface area contributed by atoms with Crippen molar-refractivity contribution >= 4 is 29.7 Å². The van der Waals surface area contributed by atoms with Crippen LogP contribution in [0.25, 0.3) is 0 Å². The molecule has 142 valence electrons. The summed E-state index contributed by atoms with van der Waals surface area (Å²) in [5.74, 6) is -0.245. The highest BCUT2D eigenvalue weighted by Crippen LogP contribution is 2.27. The number of carbonyl (C=O) groups excluding carboxylic acids is 1. The molecule has 8 heteroatoms. The summed E-state index contributed by atoms with van der Waals surface area (Å²) in [6.07, 6.45) is 0.731. The van der Waals surface area contributed by atoms with Gasteiger partial charge in [0, 0.05) is 35.6 Å². The minimum Gasteiger partial charge on any atom is -0.340 e. The summed E-state index contributed by atoms with van der Waals surface area (Å²) in [6, 6.07) is 6.19. The van der Waals surface area contributed by atoms with Crippen LogP contribution in [0.5, 0.6) is 0 Å². The smallest absolute Gasteiger partial charge is 0.308 e. The van der Waals surface area contributed by atoms with Gasteiger partial charge < -0.3 is 10.6 Å². The predicted molar refractivity (Wildman–Crippen MR) is 104 cm³/mol. The second-order valence-electron chi connectivity index (χ2n) is 6.55. The van der Waals surface area contributed by atoms with Gasteiger partial charge in [-0.3, -0.25) is 14.2 Å². The molecule has 0 unspecified atom stereocenters. The van der Waals surface area contributed by atoms with Crippen LogP contribution in [-0.2, 0) is 11.3 Å². The maximum Gasteiger partial charge on any atom is 0.308 e. The molecule has 0 saturated carbocycles. The van der Waals surface area contributed by atoms with Crippen LogP contribution in [0.1, 0.15) is 28.5 Å². The number of rotatable bonds is 3. The third-order valence-corrected chi connectivity index (χ3v) is 5.97. The van der Waals surface area contributed by atoms with Gasteiger partial charge in [-0.1, -0.05) is 23.5 Å². The molecule has 2 atom stereocenters. The second kappa shape index (κ2) is 8.33. The number of likely N-dealkylation sites (tertiary alicyclic amines) is 1. The quantitative estimate of drug-likeness (QED) is 0.861. The Hall–Kier alpha value is -1.70. The Balaban J connectivity index is 0.00000243. The molecular weight excluding hydrogens is 377 g/mol.